The summed E-state index contributed by atoms with van der Waals surface area (Å²) in [5.74, 6) is -4.67. The van der Waals surface area contributed by atoms with Crippen molar-refractivity contribution < 1.29 is 77.2 Å². The van der Waals surface area contributed by atoms with Crippen molar-refractivity contribution in [3.63, 3.8) is 0 Å². The molecule has 5 aromatic rings. The molecule has 0 aromatic heterocycles. The molecule has 3 N–H and O–H groups in total. The first-order valence-electron chi connectivity index (χ1n) is 19.8. The topological polar surface area (TPSA) is 220 Å². The maximum atomic E-state index is 13.9. The van der Waals surface area contributed by atoms with Gasteiger partial charge < -0.3 is 53.2 Å². The van der Waals surface area contributed by atoms with Crippen molar-refractivity contribution in [2.24, 2.45) is 0 Å². The predicted octanol–water partition coefficient (Wildman–Crippen LogP) is 3.93. The van der Waals surface area contributed by atoms with Crippen molar-refractivity contribution in [1.82, 2.24) is 0 Å². The lowest BCUT2D eigenvalue weighted by atomic mass is 9.96. The predicted molar refractivity (Wildman–Crippen MR) is 217 cm³/mol. The zero-order valence-electron chi connectivity index (χ0n) is 33.3. The summed E-state index contributed by atoms with van der Waals surface area (Å²) in [6.07, 6.45) is -18.0. The molecule has 326 valence electrons. The quantitative estimate of drug-likeness (QED) is 0.106. The highest BCUT2D eigenvalue weighted by Gasteiger charge is 2.56. The third-order valence-electron chi connectivity index (χ3n) is 10.1. The van der Waals surface area contributed by atoms with Crippen LogP contribution in [0, 0.1) is 0 Å². The smallest absolute Gasteiger partial charge is 0.338 e. The molecule has 2 fully saturated rings. The molecular weight excluding hydrogens is 821 g/mol. The fraction of sp³-hybridized carbons (Fsp3) is 0.255. The number of esters is 5. The van der Waals surface area contributed by atoms with Crippen LogP contribution in [0.4, 0.5) is 0 Å². The zero-order valence-corrected chi connectivity index (χ0v) is 33.3. The van der Waals surface area contributed by atoms with Crippen LogP contribution < -0.4 is 0 Å². The molecule has 0 radical (unpaired) electrons. The van der Waals surface area contributed by atoms with E-state index in [2.05, 4.69) is 0 Å². The van der Waals surface area contributed by atoms with Gasteiger partial charge in [-0.2, -0.15) is 0 Å². The molecular formula is C47H42O16. The average molecular weight is 863 g/mol. The van der Waals surface area contributed by atoms with Gasteiger partial charge in [0.2, 0.25) is 0 Å². The minimum absolute atomic E-state index is 0.0392. The second-order valence-corrected chi connectivity index (χ2v) is 14.3. The van der Waals surface area contributed by atoms with Crippen molar-refractivity contribution >= 4 is 29.8 Å². The summed E-state index contributed by atoms with van der Waals surface area (Å²) in [5.41, 5.74) is 0.353. The Morgan fingerprint density at radius 2 is 0.794 bits per heavy atom. The lowest BCUT2D eigenvalue weighted by molar-refractivity contribution is -0.352. The van der Waals surface area contributed by atoms with Crippen LogP contribution in [-0.4, -0.2) is 120 Å². The van der Waals surface area contributed by atoms with Gasteiger partial charge in [0.05, 0.1) is 34.4 Å². The van der Waals surface area contributed by atoms with Crippen LogP contribution in [0.1, 0.15) is 51.8 Å². The molecule has 16 heteroatoms. The summed E-state index contributed by atoms with van der Waals surface area (Å²) < 4.78 is 47.6. The van der Waals surface area contributed by atoms with Crippen LogP contribution in [0.2, 0.25) is 0 Å². The Balaban J connectivity index is 1.30. The van der Waals surface area contributed by atoms with Crippen LogP contribution in [-0.2, 0) is 37.9 Å². The summed E-state index contributed by atoms with van der Waals surface area (Å²) in [5, 5.41) is 33.5. The van der Waals surface area contributed by atoms with Gasteiger partial charge in [-0.1, -0.05) is 91.0 Å². The van der Waals surface area contributed by atoms with Gasteiger partial charge in [0.25, 0.3) is 0 Å². The molecule has 0 bridgehead atoms. The van der Waals surface area contributed by atoms with Crippen LogP contribution in [0.15, 0.2) is 152 Å². The summed E-state index contributed by atoms with van der Waals surface area (Å²) in [6, 6.07) is 38.7. The van der Waals surface area contributed by atoms with Gasteiger partial charge in [0, 0.05) is 0 Å². The molecule has 63 heavy (non-hydrogen) atoms. The maximum absolute atomic E-state index is 13.9. The standard InChI is InChI=1S/C47H42O16/c48-26-33-35(49)37(59-42(51)29-18-8-2-9-19-29)40(62-45(54)32-24-14-5-15-25-32)47(58-33)63-36-34(27-56-41(50)28-16-6-1-7-17-28)57-46(55)39(61-44(53)31-22-12-4-13-23-31)38(36)60-43(52)30-20-10-3-11-21-30/h1-25,33-40,46-49,55H,26-27H2/t33?,34?,35-,36+,37?,38?,39-,40-,46+,47-/m0/s1. The van der Waals surface area contributed by atoms with Gasteiger partial charge >= 0.3 is 29.8 Å². The summed E-state index contributed by atoms with van der Waals surface area (Å²) in [6.45, 7) is -1.56. The van der Waals surface area contributed by atoms with Gasteiger partial charge in [-0.15, -0.1) is 0 Å². The molecule has 2 heterocycles. The zero-order chi connectivity index (χ0) is 44.3. The summed E-state index contributed by atoms with van der Waals surface area (Å²) >= 11 is 0. The first-order valence-corrected chi connectivity index (χ1v) is 19.8. The van der Waals surface area contributed by atoms with E-state index in [0.29, 0.717) is 0 Å². The number of hydrogen-bond acceptors (Lipinski definition) is 16. The molecule has 0 amide bonds. The third kappa shape index (κ3) is 10.8. The highest BCUT2D eigenvalue weighted by Crippen LogP contribution is 2.35. The molecule has 2 saturated heterocycles. The molecule has 5 aromatic carbocycles. The summed E-state index contributed by atoms with van der Waals surface area (Å²) in [4.78, 5) is 68.0. The highest BCUT2D eigenvalue weighted by molar-refractivity contribution is 5.92. The van der Waals surface area contributed by atoms with E-state index in [4.69, 9.17) is 37.9 Å². The highest BCUT2D eigenvalue weighted by atomic mass is 16.8. The number of carbonyl (C=O) groups excluding carboxylic acids is 5. The molecule has 2 aliphatic heterocycles. The van der Waals surface area contributed by atoms with Gasteiger partial charge in [-0.05, 0) is 60.7 Å². The minimum atomic E-state index is -2.04. The van der Waals surface area contributed by atoms with E-state index in [1.165, 1.54) is 60.7 Å². The van der Waals surface area contributed by atoms with Crippen LogP contribution >= 0.6 is 0 Å². The van der Waals surface area contributed by atoms with E-state index < -0.39 is 104 Å². The largest absolute Gasteiger partial charge is 0.459 e. The van der Waals surface area contributed by atoms with E-state index in [9.17, 15) is 39.3 Å². The van der Waals surface area contributed by atoms with E-state index >= 15 is 0 Å². The van der Waals surface area contributed by atoms with Gasteiger partial charge in [-0.3, -0.25) is 0 Å². The number of hydrogen-bond donors (Lipinski definition) is 3. The van der Waals surface area contributed by atoms with Crippen molar-refractivity contribution in [1.29, 1.82) is 0 Å². The Kier molecular flexibility index (Phi) is 14.7. The molecule has 0 aliphatic carbocycles. The van der Waals surface area contributed by atoms with Crippen LogP contribution in [0.3, 0.4) is 0 Å². The van der Waals surface area contributed by atoms with Gasteiger partial charge in [0.15, 0.2) is 37.0 Å². The minimum Gasteiger partial charge on any atom is -0.459 e. The van der Waals surface area contributed by atoms with E-state index in [1.807, 2.05) is 0 Å². The van der Waals surface area contributed by atoms with Crippen LogP contribution in [0.5, 0.6) is 0 Å². The first-order chi connectivity index (χ1) is 30.6. The molecule has 2 aliphatic rings. The second-order valence-electron chi connectivity index (χ2n) is 14.3. The SMILES string of the molecule is O=C(OCC1O[C@@H](O)[C@@H](OC(=O)c2ccccc2)C(OC(=O)c2ccccc2)[C@@H]1O[C@@H]1OC(CO)[C@H](O)C(OC(=O)c2ccccc2)[C@@H]1OC(=O)c1ccccc1)c1ccccc1. The van der Waals surface area contributed by atoms with E-state index in [0.717, 1.165) is 0 Å². The molecule has 10 atom stereocenters. The third-order valence-corrected chi connectivity index (χ3v) is 10.1. The molecule has 16 nitrogen and oxygen atoms in total. The lowest BCUT2D eigenvalue weighted by Crippen LogP contribution is -2.66. The average Bonchev–Trinajstić information content (AvgIpc) is 3.33. The Morgan fingerprint density at radius 1 is 0.429 bits per heavy atom. The maximum Gasteiger partial charge on any atom is 0.338 e. The Morgan fingerprint density at radius 3 is 1.21 bits per heavy atom. The number of carbonyl (C=O) groups is 5. The molecule has 7 rings (SSSR count). The molecule has 0 saturated carbocycles. The normalized spacial score (nSPS) is 25.4. The van der Waals surface area contributed by atoms with Crippen molar-refractivity contribution in [2.45, 2.75) is 61.4 Å². The number of rotatable bonds is 14. The lowest BCUT2D eigenvalue weighted by Gasteiger charge is -2.47. The van der Waals surface area contributed by atoms with E-state index in [1.54, 1.807) is 91.0 Å². The van der Waals surface area contributed by atoms with E-state index in [-0.39, 0.29) is 27.8 Å². The van der Waals surface area contributed by atoms with Crippen molar-refractivity contribution in [3.8, 4) is 0 Å². The van der Waals surface area contributed by atoms with Crippen molar-refractivity contribution in [2.75, 3.05) is 13.2 Å². The number of aliphatic hydroxyl groups is 3. The number of ether oxygens (including phenoxy) is 8. The fourth-order valence-electron chi connectivity index (χ4n) is 6.90. The van der Waals surface area contributed by atoms with Crippen molar-refractivity contribution in [3.05, 3.63) is 179 Å². The second kappa shape index (κ2) is 20.9. The number of aliphatic hydroxyl groups excluding tert-OH is 3. The Labute approximate surface area is 360 Å². The molecule has 4 unspecified atom stereocenters. The monoisotopic (exact) mass is 862 g/mol. The van der Waals surface area contributed by atoms with Gasteiger partial charge in [-0.25, -0.2) is 24.0 Å². The van der Waals surface area contributed by atoms with Crippen LogP contribution in [0.25, 0.3) is 0 Å². The fourth-order valence-corrected chi connectivity index (χ4v) is 6.90. The molecule has 0 spiro atoms. The Bertz CT molecular complexity index is 2300. The Hall–Kier alpha value is -6.79. The van der Waals surface area contributed by atoms with Gasteiger partial charge in [0.1, 0.15) is 31.0 Å². The number of benzene rings is 5. The first kappa shape index (κ1) is 44.3. The summed E-state index contributed by atoms with van der Waals surface area (Å²) in [7, 11) is 0.